The summed E-state index contributed by atoms with van der Waals surface area (Å²) in [7, 11) is 0. The molecule has 1 aliphatic rings. The van der Waals surface area contributed by atoms with Crippen LogP contribution in [0.4, 0.5) is 0 Å². The van der Waals surface area contributed by atoms with E-state index in [9.17, 15) is 4.79 Å². The molecule has 1 N–H and O–H groups in total. The van der Waals surface area contributed by atoms with E-state index in [-0.39, 0.29) is 5.91 Å². The number of amides is 1. The van der Waals surface area contributed by atoms with E-state index in [1.165, 1.54) is 17.5 Å². The summed E-state index contributed by atoms with van der Waals surface area (Å²) in [4.78, 5) is 11.8. The molecule has 1 aromatic rings. The highest BCUT2D eigenvalue weighted by Crippen LogP contribution is 2.24. The molecular formula is C16H23NO. The molecule has 0 aromatic heterocycles. The highest BCUT2D eigenvalue weighted by Gasteiger charge is 2.22. The van der Waals surface area contributed by atoms with Gasteiger partial charge >= 0.3 is 0 Å². The van der Waals surface area contributed by atoms with Gasteiger partial charge in [-0.25, -0.2) is 0 Å². The SMILES string of the molecule is Cc1ccc(CCC(=O)NC2CCC(C)C2)cc1. The van der Waals surface area contributed by atoms with Crippen LogP contribution in [0.1, 0.15) is 43.7 Å². The van der Waals surface area contributed by atoms with Crippen LogP contribution in [0.2, 0.25) is 0 Å². The van der Waals surface area contributed by atoms with Gasteiger partial charge in [-0.1, -0.05) is 36.8 Å². The summed E-state index contributed by atoms with van der Waals surface area (Å²) in [6.45, 7) is 4.34. The zero-order valence-corrected chi connectivity index (χ0v) is 11.4. The normalized spacial score (nSPS) is 23.0. The summed E-state index contributed by atoms with van der Waals surface area (Å²) in [5.74, 6) is 0.974. The largest absolute Gasteiger partial charge is 0.353 e. The molecule has 0 radical (unpaired) electrons. The van der Waals surface area contributed by atoms with Crippen LogP contribution in [0.3, 0.4) is 0 Å². The van der Waals surface area contributed by atoms with Gasteiger partial charge in [-0.3, -0.25) is 4.79 Å². The summed E-state index contributed by atoms with van der Waals surface area (Å²) in [5.41, 5.74) is 2.51. The lowest BCUT2D eigenvalue weighted by molar-refractivity contribution is -0.121. The van der Waals surface area contributed by atoms with Crippen LogP contribution in [-0.2, 0) is 11.2 Å². The number of hydrogen-bond acceptors (Lipinski definition) is 1. The fourth-order valence-electron chi connectivity index (χ4n) is 2.65. The molecule has 1 aliphatic carbocycles. The van der Waals surface area contributed by atoms with E-state index in [1.807, 2.05) is 0 Å². The molecule has 0 spiro atoms. The quantitative estimate of drug-likeness (QED) is 0.867. The van der Waals surface area contributed by atoms with Crippen molar-refractivity contribution in [3.8, 4) is 0 Å². The Hall–Kier alpha value is -1.31. The second-order valence-corrected chi connectivity index (χ2v) is 5.67. The molecular weight excluding hydrogens is 222 g/mol. The molecule has 1 amide bonds. The van der Waals surface area contributed by atoms with Crippen molar-refractivity contribution in [2.75, 3.05) is 0 Å². The van der Waals surface area contributed by atoms with Gasteiger partial charge in [0.2, 0.25) is 5.91 Å². The second kappa shape index (κ2) is 6.03. The molecule has 0 bridgehead atoms. The van der Waals surface area contributed by atoms with Crippen molar-refractivity contribution >= 4 is 5.91 Å². The summed E-state index contributed by atoms with van der Waals surface area (Å²) in [5, 5.41) is 3.15. The van der Waals surface area contributed by atoms with Crippen molar-refractivity contribution in [3.05, 3.63) is 35.4 Å². The Labute approximate surface area is 110 Å². The molecule has 1 aromatic carbocycles. The van der Waals surface area contributed by atoms with Crippen molar-refractivity contribution in [2.45, 2.75) is 52.0 Å². The van der Waals surface area contributed by atoms with Crippen LogP contribution >= 0.6 is 0 Å². The van der Waals surface area contributed by atoms with Gasteiger partial charge < -0.3 is 5.32 Å². The predicted octanol–water partition coefficient (Wildman–Crippen LogP) is 3.23. The number of hydrogen-bond donors (Lipinski definition) is 1. The van der Waals surface area contributed by atoms with Gasteiger partial charge in [0.1, 0.15) is 0 Å². The molecule has 1 saturated carbocycles. The first-order valence-electron chi connectivity index (χ1n) is 6.98. The van der Waals surface area contributed by atoms with Gasteiger partial charge in [0.25, 0.3) is 0 Å². The maximum Gasteiger partial charge on any atom is 0.220 e. The molecule has 2 heteroatoms. The zero-order valence-electron chi connectivity index (χ0n) is 11.4. The van der Waals surface area contributed by atoms with Crippen molar-refractivity contribution in [1.82, 2.24) is 5.32 Å². The Morgan fingerprint density at radius 3 is 2.61 bits per heavy atom. The molecule has 2 rings (SSSR count). The van der Waals surface area contributed by atoms with E-state index in [0.717, 1.165) is 25.2 Å². The van der Waals surface area contributed by atoms with Crippen LogP contribution in [-0.4, -0.2) is 11.9 Å². The lowest BCUT2D eigenvalue weighted by Crippen LogP contribution is -2.32. The Morgan fingerprint density at radius 2 is 2.00 bits per heavy atom. The van der Waals surface area contributed by atoms with E-state index in [2.05, 4.69) is 43.4 Å². The van der Waals surface area contributed by atoms with Gasteiger partial charge in [-0.05, 0) is 44.1 Å². The van der Waals surface area contributed by atoms with Gasteiger partial charge in [0, 0.05) is 12.5 Å². The van der Waals surface area contributed by atoms with Crippen molar-refractivity contribution in [2.24, 2.45) is 5.92 Å². The molecule has 0 heterocycles. The van der Waals surface area contributed by atoms with E-state index < -0.39 is 0 Å². The number of rotatable bonds is 4. The third kappa shape index (κ3) is 3.86. The molecule has 0 aliphatic heterocycles. The van der Waals surface area contributed by atoms with Gasteiger partial charge in [0.15, 0.2) is 0 Å². The minimum Gasteiger partial charge on any atom is -0.353 e. The summed E-state index contributed by atoms with van der Waals surface area (Å²) >= 11 is 0. The first-order chi connectivity index (χ1) is 8.63. The van der Waals surface area contributed by atoms with Gasteiger partial charge in [-0.2, -0.15) is 0 Å². The minimum atomic E-state index is 0.203. The third-order valence-corrected chi connectivity index (χ3v) is 3.82. The van der Waals surface area contributed by atoms with E-state index in [0.29, 0.717) is 12.5 Å². The Morgan fingerprint density at radius 1 is 1.28 bits per heavy atom. The van der Waals surface area contributed by atoms with E-state index in [1.54, 1.807) is 0 Å². The highest BCUT2D eigenvalue weighted by atomic mass is 16.1. The molecule has 2 unspecified atom stereocenters. The number of carbonyl (C=O) groups is 1. The van der Waals surface area contributed by atoms with Gasteiger partial charge in [0.05, 0.1) is 0 Å². The summed E-state index contributed by atoms with van der Waals surface area (Å²) in [6.07, 6.45) is 5.00. The maximum absolute atomic E-state index is 11.8. The van der Waals surface area contributed by atoms with Crippen molar-refractivity contribution < 1.29 is 4.79 Å². The standard InChI is InChI=1S/C16H23NO/c1-12-3-6-14(7-4-12)8-10-16(18)17-15-9-5-13(2)11-15/h3-4,6-7,13,15H,5,8-11H2,1-2H3,(H,17,18). The molecule has 18 heavy (non-hydrogen) atoms. The van der Waals surface area contributed by atoms with Crippen molar-refractivity contribution in [3.63, 3.8) is 0 Å². The van der Waals surface area contributed by atoms with Gasteiger partial charge in [-0.15, -0.1) is 0 Å². The molecule has 1 fully saturated rings. The lowest BCUT2D eigenvalue weighted by Gasteiger charge is -2.12. The van der Waals surface area contributed by atoms with Crippen LogP contribution in [0.5, 0.6) is 0 Å². The number of nitrogens with one attached hydrogen (secondary N) is 1. The fraction of sp³-hybridized carbons (Fsp3) is 0.562. The van der Waals surface area contributed by atoms with Crippen LogP contribution in [0.15, 0.2) is 24.3 Å². The number of carbonyl (C=O) groups excluding carboxylic acids is 1. The van der Waals surface area contributed by atoms with E-state index >= 15 is 0 Å². The smallest absolute Gasteiger partial charge is 0.220 e. The average Bonchev–Trinajstić information content (AvgIpc) is 2.74. The average molecular weight is 245 g/mol. The number of aryl methyl sites for hydroxylation is 2. The molecule has 2 atom stereocenters. The van der Waals surface area contributed by atoms with Crippen LogP contribution in [0.25, 0.3) is 0 Å². The number of benzene rings is 1. The molecule has 2 nitrogen and oxygen atoms in total. The summed E-state index contributed by atoms with van der Waals surface area (Å²) < 4.78 is 0. The predicted molar refractivity (Wildman–Crippen MR) is 74.4 cm³/mol. The molecule has 98 valence electrons. The second-order valence-electron chi connectivity index (χ2n) is 5.67. The first kappa shape index (κ1) is 13.1. The van der Waals surface area contributed by atoms with Crippen molar-refractivity contribution in [1.29, 1.82) is 0 Å². The highest BCUT2D eigenvalue weighted by molar-refractivity contribution is 5.76. The van der Waals surface area contributed by atoms with E-state index in [4.69, 9.17) is 0 Å². The topological polar surface area (TPSA) is 29.1 Å². The van der Waals surface area contributed by atoms with Crippen LogP contribution in [0, 0.1) is 12.8 Å². The molecule has 0 saturated heterocycles. The van der Waals surface area contributed by atoms with Crippen LogP contribution < -0.4 is 5.32 Å². The maximum atomic E-state index is 11.8. The Balaban J connectivity index is 1.73. The Bertz CT molecular complexity index is 396. The Kier molecular flexibility index (Phi) is 4.40. The minimum absolute atomic E-state index is 0.203. The summed E-state index contributed by atoms with van der Waals surface area (Å²) in [6, 6.07) is 8.85. The lowest BCUT2D eigenvalue weighted by atomic mass is 10.1. The fourth-order valence-corrected chi connectivity index (χ4v) is 2.65. The first-order valence-corrected chi connectivity index (χ1v) is 6.98. The third-order valence-electron chi connectivity index (χ3n) is 3.82. The monoisotopic (exact) mass is 245 g/mol. The zero-order chi connectivity index (χ0) is 13.0.